The number of carbonyl (C=O) groups excluding carboxylic acids is 2. The monoisotopic (exact) mass is 394 g/mol. The molecule has 2 amide bonds. The van der Waals surface area contributed by atoms with Crippen molar-refractivity contribution in [3.8, 4) is 0 Å². The highest BCUT2D eigenvalue weighted by Crippen LogP contribution is 2.16. The van der Waals surface area contributed by atoms with Crippen molar-refractivity contribution in [2.45, 2.75) is 19.4 Å². The molecule has 1 atom stereocenters. The van der Waals surface area contributed by atoms with Crippen LogP contribution in [0, 0.1) is 0 Å². The van der Waals surface area contributed by atoms with Gasteiger partial charge in [-0.1, -0.05) is 30.3 Å². The van der Waals surface area contributed by atoms with E-state index in [2.05, 4.69) is 15.0 Å². The molecule has 8 nitrogen and oxygen atoms in total. The number of sulfonamides is 1. The Morgan fingerprint density at radius 1 is 1.31 bits per heavy atom. The standard InChI is InChI=1S/C16H18N4O4S2/c1-11(15(22)19-16-18-13(10-25-16)9-14(17)21)20-26(23,24)8-7-12-5-3-2-4-6-12/h2-8,10-11,20H,9H2,1H3,(H2,17,21)(H,18,19,22)/b8-7+. The summed E-state index contributed by atoms with van der Waals surface area (Å²) in [6.07, 6.45) is 1.41. The summed E-state index contributed by atoms with van der Waals surface area (Å²) in [6, 6.07) is 7.91. The summed E-state index contributed by atoms with van der Waals surface area (Å²) in [4.78, 5) is 27.0. The first-order chi connectivity index (χ1) is 12.2. The van der Waals surface area contributed by atoms with E-state index in [0.29, 0.717) is 5.69 Å². The van der Waals surface area contributed by atoms with Gasteiger partial charge in [-0.05, 0) is 18.6 Å². The molecular formula is C16H18N4O4S2. The van der Waals surface area contributed by atoms with Crippen LogP contribution in [-0.2, 0) is 26.0 Å². The van der Waals surface area contributed by atoms with Crippen molar-refractivity contribution in [2.75, 3.05) is 5.32 Å². The number of carbonyl (C=O) groups is 2. The lowest BCUT2D eigenvalue weighted by Gasteiger charge is -2.11. The Morgan fingerprint density at radius 2 is 2.00 bits per heavy atom. The number of hydrogen-bond donors (Lipinski definition) is 3. The first-order valence-electron chi connectivity index (χ1n) is 7.54. The predicted molar refractivity (Wildman–Crippen MR) is 101 cm³/mol. The Hall–Kier alpha value is -2.56. The van der Waals surface area contributed by atoms with E-state index in [9.17, 15) is 18.0 Å². The van der Waals surface area contributed by atoms with E-state index in [1.54, 1.807) is 29.6 Å². The lowest BCUT2D eigenvalue weighted by atomic mass is 10.2. The van der Waals surface area contributed by atoms with Crippen molar-refractivity contribution in [3.05, 3.63) is 52.4 Å². The van der Waals surface area contributed by atoms with Crippen LogP contribution in [0.3, 0.4) is 0 Å². The van der Waals surface area contributed by atoms with Crippen LogP contribution >= 0.6 is 11.3 Å². The molecule has 0 bridgehead atoms. The number of amides is 2. The maximum atomic E-state index is 12.1. The van der Waals surface area contributed by atoms with Gasteiger partial charge in [0, 0.05) is 10.8 Å². The highest BCUT2D eigenvalue weighted by molar-refractivity contribution is 7.92. The summed E-state index contributed by atoms with van der Waals surface area (Å²) in [5.74, 6) is -1.10. The average molecular weight is 394 g/mol. The van der Waals surface area contributed by atoms with Gasteiger partial charge >= 0.3 is 0 Å². The number of thiazole rings is 1. The second kappa shape index (κ2) is 8.70. The van der Waals surface area contributed by atoms with Gasteiger partial charge < -0.3 is 11.1 Å². The Kier molecular flexibility index (Phi) is 6.61. The summed E-state index contributed by atoms with van der Waals surface area (Å²) in [5, 5.41) is 5.35. The van der Waals surface area contributed by atoms with Gasteiger partial charge in [-0.15, -0.1) is 11.3 Å². The van der Waals surface area contributed by atoms with Crippen LogP contribution in [0.4, 0.5) is 5.13 Å². The molecule has 0 saturated heterocycles. The van der Waals surface area contributed by atoms with Gasteiger partial charge in [0.2, 0.25) is 21.8 Å². The fraction of sp³-hybridized carbons (Fsp3) is 0.188. The highest BCUT2D eigenvalue weighted by atomic mass is 32.2. The Labute approximate surface area is 155 Å². The molecule has 0 aliphatic heterocycles. The minimum Gasteiger partial charge on any atom is -0.369 e. The van der Waals surface area contributed by atoms with E-state index >= 15 is 0 Å². The zero-order valence-electron chi connectivity index (χ0n) is 13.9. The highest BCUT2D eigenvalue weighted by Gasteiger charge is 2.19. The van der Waals surface area contributed by atoms with Gasteiger partial charge in [-0.3, -0.25) is 9.59 Å². The number of nitrogens with two attached hydrogens (primary N) is 1. The summed E-state index contributed by atoms with van der Waals surface area (Å²) in [5.41, 5.74) is 6.24. The number of nitrogens with one attached hydrogen (secondary N) is 2. The molecule has 1 unspecified atom stereocenters. The molecule has 4 N–H and O–H groups in total. The second-order valence-corrected chi connectivity index (χ2v) is 7.83. The van der Waals surface area contributed by atoms with Gasteiger partial charge in [0.05, 0.1) is 18.2 Å². The van der Waals surface area contributed by atoms with Crippen LogP contribution in [0.25, 0.3) is 6.08 Å². The third-order valence-corrected chi connectivity index (χ3v) is 5.09. The maximum absolute atomic E-state index is 12.1. The molecule has 0 fully saturated rings. The van der Waals surface area contributed by atoms with Gasteiger partial charge in [0.1, 0.15) is 0 Å². The number of anilines is 1. The first kappa shape index (κ1) is 19.8. The molecule has 0 spiro atoms. The van der Waals surface area contributed by atoms with E-state index in [0.717, 1.165) is 22.3 Å². The molecule has 1 aromatic heterocycles. The number of aromatic nitrogens is 1. The van der Waals surface area contributed by atoms with Crippen molar-refractivity contribution in [3.63, 3.8) is 0 Å². The van der Waals surface area contributed by atoms with Crippen molar-refractivity contribution >= 4 is 44.4 Å². The van der Waals surface area contributed by atoms with Gasteiger partial charge in [-0.25, -0.2) is 13.4 Å². The van der Waals surface area contributed by atoms with Crippen molar-refractivity contribution in [1.29, 1.82) is 0 Å². The van der Waals surface area contributed by atoms with Gasteiger partial charge in [0.15, 0.2) is 5.13 Å². The van der Waals surface area contributed by atoms with E-state index in [-0.39, 0.29) is 11.6 Å². The molecule has 0 radical (unpaired) electrons. The molecule has 0 saturated carbocycles. The first-order valence-corrected chi connectivity index (χ1v) is 9.97. The quantitative estimate of drug-likeness (QED) is 0.617. The molecular weight excluding hydrogens is 376 g/mol. The average Bonchev–Trinajstić information content (AvgIpc) is 2.99. The van der Waals surface area contributed by atoms with Crippen molar-refractivity contribution in [2.24, 2.45) is 5.73 Å². The van der Waals surface area contributed by atoms with E-state index in [4.69, 9.17) is 5.73 Å². The smallest absolute Gasteiger partial charge is 0.244 e. The van der Waals surface area contributed by atoms with Crippen molar-refractivity contribution < 1.29 is 18.0 Å². The third-order valence-electron chi connectivity index (χ3n) is 3.11. The Morgan fingerprint density at radius 3 is 2.65 bits per heavy atom. The van der Waals surface area contributed by atoms with Crippen LogP contribution in [0.5, 0.6) is 0 Å². The topological polar surface area (TPSA) is 131 Å². The normalized spacial score (nSPS) is 12.8. The SMILES string of the molecule is CC(NS(=O)(=O)/C=C/c1ccccc1)C(=O)Nc1nc(CC(N)=O)cs1. The van der Waals surface area contributed by atoms with Crippen LogP contribution < -0.4 is 15.8 Å². The molecule has 1 heterocycles. The summed E-state index contributed by atoms with van der Waals surface area (Å²) < 4.78 is 26.4. The third kappa shape index (κ3) is 6.39. The number of hydrogen-bond acceptors (Lipinski definition) is 6. The number of rotatable bonds is 8. The zero-order chi connectivity index (χ0) is 19.2. The zero-order valence-corrected chi connectivity index (χ0v) is 15.5. The van der Waals surface area contributed by atoms with Crippen LogP contribution in [0.1, 0.15) is 18.2 Å². The van der Waals surface area contributed by atoms with Crippen LogP contribution in [0.2, 0.25) is 0 Å². The lowest BCUT2D eigenvalue weighted by Crippen LogP contribution is -2.40. The lowest BCUT2D eigenvalue weighted by molar-refractivity contribution is -0.118. The minimum atomic E-state index is -3.80. The summed E-state index contributed by atoms with van der Waals surface area (Å²) in [6.45, 7) is 1.42. The van der Waals surface area contributed by atoms with Gasteiger partial charge in [-0.2, -0.15) is 4.72 Å². The predicted octanol–water partition coefficient (Wildman–Crippen LogP) is 1.09. The second-order valence-electron chi connectivity index (χ2n) is 5.37. The molecule has 138 valence electrons. The maximum Gasteiger partial charge on any atom is 0.244 e. The van der Waals surface area contributed by atoms with E-state index in [1.807, 2.05) is 6.07 Å². The van der Waals surface area contributed by atoms with E-state index in [1.165, 1.54) is 13.0 Å². The summed E-state index contributed by atoms with van der Waals surface area (Å²) in [7, 11) is -3.80. The van der Waals surface area contributed by atoms with E-state index < -0.39 is 27.9 Å². The minimum absolute atomic E-state index is 0.0289. The fourth-order valence-corrected chi connectivity index (χ4v) is 3.64. The Bertz CT molecular complexity index is 907. The number of primary amides is 1. The molecule has 2 aromatic rings. The molecule has 26 heavy (non-hydrogen) atoms. The molecule has 0 aliphatic rings. The fourth-order valence-electron chi connectivity index (χ4n) is 1.91. The van der Waals surface area contributed by atoms with Crippen molar-refractivity contribution in [1.82, 2.24) is 9.71 Å². The van der Waals surface area contributed by atoms with Crippen LogP contribution in [0.15, 0.2) is 41.1 Å². The largest absolute Gasteiger partial charge is 0.369 e. The number of benzene rings is 1. The van der Waals surface area contributed by atoms with Crippen LogP contribution in [-0.4, -0.2) is 31.3 Å². The Balaban J connectivity index is 1.94. The summed E-state index contributed by atoms with van der Waals surface area (Å²) >= 11 is 1.12. The molecule has 1 aromatic carbocycles. The number of nitrogens with zero attached hydrogens (tertiary/aromatic N) is 1. The molecule has 0 aliphatic carbocycles. The molecule has 10 heteroatoms. The molecule has 2 rings (SSSR count). The van der Waals surface area contributed by atoms with Gasteiger partial charge in [0.25, 0.3) is 0 Å².